The summed E-state index contributed by atoms with van der Waals surface area (Å²) in [5, 5.41) is 0. The van der Waals surface area contributed by atoms with Crippen molar-refractivity contribution in [2.75, 3.05) is 0 Å². The molecule has 2 aliphatic heterocycles. The monoisotopic (exact) mass is 164 g/mol. The summed E-state index contributed by atoms with van der Waals surface area (Å²) in [7, 11) is 0. The molecular formula is C6F4O. The molecule has 11 heavy (non-hydrogen) atoms. The molecule has 0 atom stereocenters. The SMILES string of the molecule is Fc1c(F)c2c(F)c(c1F)O2. The number of benzene rings is 1. The molecule has 0 spiro atoms. The lowest BCUT2D eigenvalue weighted by molar-refractivity contribution is 0.273. The number of hydrogen-bond donors (Lipinski definition) is 0. The van der Waals surface area contributed by atoms with Crippen LogP contribution >= 0.6 is 0 Å². The van der Waals surface area contributed by atoms with E-state index in [0.717, 1.165) is 0 Å². The van der Waals surface area contributed by atoms with Crippen LogP contribution in [0.4, 0.5) is 17.6 Å². The Morgan fingerprint density at radius 3 is 1.45 bits per heavy atom. The molecule has 0 N–H and O–H groups in total. The summed E-state index contributed by atoms with van der Waals surface area (Å²) in [5.74, 6) is -7.79. The normalized spacial score (nSPS) is 12.4. The van der Waals surface area contributed by atoms with E-state index in [2.05, 4.69) is 4.74 Å². The fourth-order valence-corrected chi connectivity index (χ4v) is 0.826. The zero-order valence-corrected chi connectivity index (χ0v) is 4.92. The predicted molar refractivity (Wildman–Crippen MR) is 26.3 cm³/mol. The molecule has 0 unspecified atom stereocenters. The van der Waals surface area contributed by atoms with Gasteiger partial charge in [0.2, 0.25) is 34.8 Å². The van der Waals surface area contributed by atoms with E-state index in [0.29, 0.717) is 0 Å². The molecule has 2 bridgehead atoms. The van der Waals surface area contributed by atoms with Crippen LogP contribution in [0.3, 0.4) is 0 Å². The van der Waals surface area contributed by atoms with E-state index in [1.54, 1.807) is 0 Å². The van der Waals surface area contributed by atoms with Crippen molar-refractivity contribution in [3.05, 3.63) is 23.3 Å². The Morgan fingerprint density at radius 2 is 1.09 bits per heavy atom. The first-order valence-electron chi connectivity index (χ1n) is 2.66. The van der Waals surface area contributed by atoms with Crippen molar-refractivity contribution in [3.63, 3.8) is 0 Å². The van der Waals surface area contributed by atoms with Crippen LogP contribution in [0.5, 0.6) is 11.5 Å². The van der Waals surface area contributed by atoms with Crippen LogP contribution in [0.15, 0.2) is 0 Å². The van der Waals surface area contributed by atoms with Crippen molar-refractivity contribution in [2.24, 2.45) is 0 Å². The van der Waals surface area contributed by atoms with Gasteiger partial charge in [0.25, 0.3) is 0 Å². The number of fused-ring (bicyclic) bond motifs is 2. The van der Waals surface area contributed by atoms with Crippen molar-refractivity contribution >= 4 is 0 Å². The Kier molecular flexibility index (Phi) is 0.976. The summed E-state index contributed by atoms with van der Waals surface area (Å²) in [6.07, 6.45) is 0. The Morgan fingerprint density at radius 1 is 0.636 bits per heavy atom. The Balaban J connectivity index is 2.81. The van der Waals surface area contributed by atoms with Gasteiger partial charge in [0.1, 0.15) is 0 Å². The number of halogens is 4. The van der Waals surface area contributed by atoms with Crippen molar-refractivity contribution in [1.82, 2.24) is 0 Å². The van der Waals surface area contributed by atoms with Gasteiger partial charge in [0.15, 0.2) is 0 Å². The third-order valence-electron chi connectivity index (χ3n) is 1.39. The maximum atomic E-state index is 12.3. The summed E-state index contributed by atoms with van der Waals surface area (Å²) in [6, 6.07) is 0. The molecular weight excluding hydrogens is 164 g/mol. The van der Waals surface area contributed by atoms with Gasteiger partial charge in [0, 0.05) is 0 Å². The van der Waals surface area contributed by atoms with Crippen molar-refractivity contribution < 1.29 is 22.3 Å². The molecule has 2 heterocycles. The summed E-state index contributed by atoms with van der Waals surface area (Å²) in [4.78, 5) is 0. The average Bonchev–Trinajstić information content (AvgIpc) is 1.97. The van der Waals surface area contributed by atoms with Gasteiger partial charge < -0.3 is 4.74 Å². The molecule has 5 heteroatoms. The van der Waals surface area contributed by atoms with E-state index in [9.17, 15) is 17.6 Å². The topological polar surface area (TPSA) is 9.23 Å². The van der Waals surface area contributed by atoms with Crippen LogP contribution in [-0.2, 0) is 0 Å². The summed E-state index contributed by atoms with van der Waals surface area (Å²) in [5.41, 5.74) is 0. The molecule has 0 saturated carbocycles. The third-order valence-corrected chi connectivity index (χ3v) is 1.39. The molecule has 0 saturated heterocycles. The highest BCUT2D eigenvalue weighted by atomic mass is 19.2. The van der Waals surface area contributed by atoms with Crippen LogP contribution < -0.4 is 4.74 Å². The smallest absolute Gasteiger partial charge is 0.214 e. The van der Waals surface area contributed by atoms with Gasteiger partial charge >= 0.3 is 0 Å². The third kappa shape index (κ3) is 0.555. The highest BCUT2D eigenvalue weighted by Gasteiger charge is 2.36. The van der Waals surface area contributed by atoms with Gasteiger partial charge in [-0.25, -0.2) is 4.39 Å². The van der Waals surface area contributed by atoms with Crippen LogP contribution in [0.25, 0.3) is 0 Å². The molecule has 1 aromatic rings. The molecule has 0 radical (unpaired) electrons. The zero-order chi connectivity index (χ0) is 8.17. The minimum Gasteiger partial charge on any atom is -0.444 e. The first-order chi connectivity index (χ1) is 5.13. The van der Waals surface area contributed by atoms with E-state index in [1.807, 2.05) is 0 Å². The Labute approximate surface area is 58.2 Å². The molecule has 0 amide bonds. The van der Waals surface area contributed by atoms with E-state index in [1.165, 1.54) is 0 Å². The molecule has 58 valence electrons. The lowest BCUT2D eigenvalue weighted by Crippen LogP contribution is -2.11. The van der Waals surface area contributed by atoms with Gasteiger partial charge in [-0.1, -0.05) is 0 Å². The van der Waals surface area contributed by atoms with E-state index >= 15 is 0 Å². The van der Waals surface area contributed by atoms with Crippen molar-refractivity contribution in [1.29, 1.82) is 0 Å². The van der Waals surface area contributed by atoms with Gasteiger partial charge in [-0.05, 0) is 0 Å². The first-order valence-corrected chi connectivity index (χ1v) is 2.66. The average molecular weight is 164 g/mol. The summed E-state index contributed by atoms with van der Waals surface area (Å²) >= 11 is 0. The molecule has 1 aromatic carbocycles. The maximum Gasteiger partial charge on any atom is 0.214 e. The first kappa shape index (κ1) is 6.45. The fraction of sp³-hybridized carbons (Fsp3) is 0. The zero-order valence-electron chi connectivity index (χ0n) is 4.92. The van der Waals surface area contributed by atoms with E-state index in [-0.39, 0.29) is 0 Å². The number of rotatable bonds is 0. The predicted octanol–water partition coefficient (Wildman–Crippen LogP) is 2.35. The van der Waals surface area contributed by atoms with Gasteiger partial charge in [-0.2, -0.15) is 13.2 Å². The van der Waals surface area contributed by atoms with Gasteiger partial charge in [0.05, 0.1) is 0 Å². The minimum absolute atomic E-state index is 0.848. The summed E-state index contributed by atoms with van der Waals surface area (Å²) in [6.45, 7) is 0. The maximum absolute atomic E-state index is 12.3. The number of hydrogen-bond acceptors (Lipinski definition) is 1. The largest absolute Gasteiger partial charge is 0.444 e. The fourth-order valence-electron chi connectivity index (χ4n) is 0.826. The second kappa shape index (κ2) is 1.66. The quantitative estimate of drug-likeness (QED) is 0.330. The molecule has 3 rings (SSSR count). The van der Waals surface area contributed by atoms with E-state index < -0.39 is 34.8 Å². The second-order valence-electron chi connectivity index (χ2n) is 2.02. The molecule has 0 aromatic heterocycles. The highest BCUT2D eigenvalue weighted by molar-refractivity contribution is 5.49. The summed E-state index contributed by atoms with van der Waals surface area (Å²) < 4.78 is 53.3. The highest BCUT2D eigenvalue weighted by Crippen LogP contribution is 2.45. The van der Waals surface area contributed by atoms with Crippen LogP contribution in [0.2, 0.25) is 0 Å². The minimum atomic E-state index is -1.69. The van der Waals surface area contributed by atoms with E-state index in [4.69, 9.17) is 0 Å². The van der Waals surface area contributed by atoms with Crippen LogP contribution in [0, 0.1) is 23.3 Å². The lowest BCUT2D eigenvalue weighted by Gasteiger charge is -2.19. The van der Waals surface area contributed by atoms with Gasteiger partial charge in [-0.15, -0.1) is 0 Å². The standard InChI is InChI=1S/C6F4O/c7-1-2(8)5-4(10)6(11-5)3(1)9. The lowest BCUT2D eigenvalue weighted by atomic mass is 10.2. The van der Waals surface area contributed by atoms with Crippen molar-refractivity contribution in [3.8, 4) is 11.5 Å². The molecule has 0 aliphatic carbocycles. The Bertz CT molecular complexity index is 310. The van der Waals surface area contributed by atoms with Gasteiger partial charge in [-0.3, -0.25) is 0 Å². The van der Waals surface area contributed by atoms with Crippen LogP contribution in [0.1, 0.15) is 0 Å². The molecule has 0 fully saturated rings. The number of ether oxygens (including phenoxy) is 1. The second-order valence-corrected chi connectivity index (χ2v) is 2.02. The Hall–Kier alpha value is -1.26. The molecule has 1 nitrogen and oxygen atoms in total. The van der Waals surface area contributed by atoms with Crippen LogP contribution in [-0.4, -0.2) is 0 Å². The molecule has 2 aliphatic rings. The van der Waals surface area contributed by atoms with Crippen molar-refractivity contribution in [2.45, 2.75) is 0 Å².